The molecular formula is C12H13BrO. The smallest absolute Gasteiger partial charge is 0.0673 e. The van der Waals surface area contributed by atoms with Gasteiger partial charge in [0, 0.05) is 9.89 Å². The minimum atomic E-state index is 0.188. The van der Waals surface area contributed by atoms with Gasteiger partial charge in [-0.3, -0.25) is 0 Å². The van der Waals surface area contributed by atoms with Gasteiger partial charge in [0.2, 0.25) is 0 Å². The monoisotopic (exact) mass is 252 g/mol. The van der Waals surface area contributed by atoms with Gasteiger partial charge in [-0.05, 0) is 37.5 Å². The van der Waals surface area contributed by atoms with E-state index in [-0.39, 0.29) is 5.60 Å². The molecule has 0 aromatic heterocycles. The van der Waals surface area contributed by atoms with Gasteiger partial charge in [0.05, 0.1) is 12.2 Å². The third-order valence-corrected chi connectivity index (χ3v) is 4.11. The Bertz CT molecular complexity index is 362. The average Bonchev–Trinajstić information content (AvgIpc) is 2.60. The van der Waals surface area contributed by atoms with Crippen LogP contribution in [0.4, 0.5) is 0 Å². The minimum absolute atomic E-state index is 0.188. The highest BCUT2D eigenvalue weighted by molar-refractivity contribution is 9.10. The molecule has 1 aromatic carbocycles. The van der Waals surface area contributed by atoms with Crippen molar-refractivity contribution < 1.29 is 4.74 Å². The van der Waals surface area contributed by atoms with Crippen molar-refractivity contribution >= 4 is 15.9 Å². The highest BCUT2D eigenvalue weighted by Gasteiger charge is 2.60. The number of halogens is 1. The lowest BCUT2D eigenvalue weighted by Crippen LogP contribution is -2.44. The summed E-state index contributed by atoms with van der Waals surface area (Å²) in [6, 6.07) is 8.69. The Morgan fingerprint density at radius 2 is 1.86 bits per heavy atom. The Hall–Kier alpha value is -0.340. The molecular weight excluding hydrogens is 240 g/mol. The third-order valence-electron chi connectivity index (χ3n) is 3.58. The maximum Gasteiger partial charge on any atom is 0.0673 e. The number of hydrogen-bond donors (Lipinski definition) is 0. The fourth-order valence-corrected chi connectivity index (χ4v) is 3.25. The molecule has 0 spiro atoms. The lowest BCUT2D eigenvalue weighted by Gasteiger charge is -2.42. The molecule has 2 heteroatoms. The van der Waals surface area contributed by atoms with Crippen LogP contribution in [0.1, 0.15) is 25.3 Å². The molecule has 4 rings (SSSR count). The van der Waals surface area contributed by atoms with Gasteiger partial charge in [-0.25, -0.2) is 0 Å². The Kier molecular flexibility index (Phi) is 1.67. The van der Waals surface area contributed by atoms with Crippen LogP contribution in [0, 0.1) is 0 Å². The van der Waals surface area contributed by atoms with Gasteiger partial charge >= 0.3 is 0 Å². The van der Waals surface area contributed by atoms with Gasteiger partial charge in [-0.1, -0.05) is 28.1 Å². The second-order valence-electron chi connectivity index (χ2n) is 4.88. The normalized spacial score (nSPS) is 39.6. The molecule has 2 saturated heterocycles. The summed E-state index contributed by atoms with van der Waals surface area (Å²) in [5.41, 5.74) is 1.97. The van der Waals surface area contributed by atoms with E-state index in [0.29, 0.717) is 5.41 Å². The van der Waals surface area contributed by atoms with E-state index in [9.17, 15) is 0 Å². The van der Waals surface area contributed by atoms with Crippen LogP contribution in [0.15, 0.2) is 28.7 Å². The molecule has 0 amide bonds. The van der Waals surface area contributed by atoms with Gasteiger partial charge in [-0.15, -0.1) is 0 Å². The lowest BCUT2D eigenvalue weighted by molar-refractivity contribution is 0.0158. The van der Waals surface area contributed by atoms with Gasteiger partial charge < -0.3 is 4.74 Å². The van der Waals surface area contributed by atoms with E-state index in [1.807, 2.05) is 0 Å². The first-order valence-electron chi connectivity index (χ1n) is 5.02. The average molecular weight is 253 g/mol. The van der Waals surface area contributed by atoms with Crippen molar-refractivity contribution in [2.45, 2.75) is 30.8 Å². The molecule has 0 unspecified atom stereocenters. The van der Waals surface area contributed by atoms with Crippen LogP contribution in [0.25, 0.3) is 0 Å². The molecule has 1 aliphatic carbocycles. The maximum atomic E-state index is 5.79. The van der Waals surface area contributed by atoms with Gasteiger partial charge in [0.25, 0.3) is 0 Å². The number of fused-ring (bicyclic) bond motifs is 1. The summed E-state index contributed by atoms with van der Waals surface area (Å²) >= 11 is 3.46. The summed E-state index contributed by atoms with van der Waals surface area (Å²) in [5, 5.41) is 0. The van der Waals surface area contributed by atoms with Crippen LogP contribution in [-0.2, 0) is 10.2 Å². The summed E-state index contributed by atoms with van der Waals surface area (Å²) in [4.78, 5) is 0. The molecule has 0 N–H and O–H groups in total. The quantitative estimate of drug-likeness (QED) is 0.746. The lowest BCUT2D eigenvalue weighted by atomic mass is 9.60. The third kappa shape index (κ3) is 1.10. The fourth-order valence-electron chi connectivity index (χ4n) is 2.99. The predicted molar refractivity (Wildman–Crippen MR) is 59.4 cm³/mol. The van der Waals surface area contributed by atoms with Gasteiger partial charge in [0.15, 0.2) is 0 Å². The largest absolute Gasteiger partial charge is 0.374 e. The Morgan fingerprint density at radius 1 is 1.21 bits per heavy atom. The highest BCUT2D eigenvalue weighted by atomic mass is 79.9. The fraction of sp³-hybridized carbons (Fsp3) is 0.500. The summed E-state index contributed by atoms with van der Waals surface area (Å²) in [7, 11) is 0. The van der Waals surface area contributed by atoms with E-state index >= 15 is 0 Å². The number of ether oxygens (including phenoxy) is 1. The van der Waals surface area contributed by atoms with E-state index in [2.05, 4.69) is 47.1 Å². The van der Waals surface area contributed by atoms with E-state index in [1.165, 1.54) is 18.4 Å². The van der Waals surface area contributed by atoms with Crippen molar-refractivity contribution in [3.63, 3.8) is 0 Å². The molecule has 1 aromatic rings. The van der Waals surface area contributed by atoms with Crippen LogP contribution in [0.5, 0.6) is 0 Å². The zero-order valence-electron chi connectivity index (χ0n) is 8.22. The van der Waals surface area contributed by atoms with Crippen molar-refractivity contribution in [1.29, 1.82) is 0 Å². The molecule has 1 saturated carbocycles. The predicted octanol–water partition coefficient (Wildman–Crippen LogP) is 3.27. The van der Waals surface area contributed by atoms with Crippen LogP contribution in [0.2, 0.25) is 0 Å². The van der Waals surface area contributed by atoms with Crippen LogP contribution >= 0.6 is 15.9 Å². The molecule has 3 aliphatic rings. The zero-order valence-corrected chi connectivity index (χ0v) is 9.80. The first kappa shape index (κ1) is 8.93. The molecule has 0 atom stereocenters. The van der Waals surface area contributed by atoms with Crippen LogP contribution < -0.4 is 0 Å². The molecule has 1 nitrogen and oxygen atoms in total. The van der Waals surface area contributed by atoms with E-state index in [4.69, 9.17) is 4.74 Å². The van der Waals surface area contributed by atoms with Crippen LogP contribution in [-0.4, -0.2) is 12.2 Å². The first-order valence-corrected chi connectivity index (χ1v) is 5.81. The standard InChI is InChI=1S/C12H13BrO/c1-11-6-12(7-11,8-14-11)9-2-4-10(13)5-3-9/h2-5H,6-8H2,1H3. The topological polar surface area (TPSA) is 9.23 Å². The van der Waals surface area contributed by atoms with E-state index in [0.717, 1.165) is 11.1 Å². The first-order chi connectivity index (χ1) is 6.62. The Balaban J connectivity index is 1.94. The maximum absolute atomic E-state index is 5.79. The van der Waals surface area contributed by atoms with Crippen molar-refractivity contribution in [2.75, 3.05) is 6.61 Å². The molecule has 2 bridgehead atoms. The van der Waals surface area contributed by atoms with E-state index < -0.39 is 0 Å². The molecule has 14 heavy (non-hydrogen) atoms. The highest BCUT2D eigenvalue weighted by Crippen LogP contribution is 2.58. The molecule has 74 valence electrons. The summed E-state index contributed by atoms with van der Waals surface area (Å²) < 4.78 is 6.94. The zero-order chi connectivity index (χ0) is 9.81. The number of hydrogen-bond acceptors (Lipinski definition) is 1. The molecule has 3 fully saturated rings. The van der Waals surface area contributed by atoms with Crippen molar-refractivity contribution in [1.82, 2.24) is 0 Å². The second kappa shape index (κ2) is 2.61. The molecule has 0 radical (unpaired) electrons. The molecule has 2 heterocycles. The number of rotatable bonds is 1. The van der Waals surface area contributed by atoms with Crippen LogP contribution in [0.3, 0.4) is 0 Å². The second-order valence-corrected chi connectivity index (χ2v) is 5.80. The van der Waals surface area contributed by atoms with Crippen molar-refractivity contribution in [2.24, 2.45) is 0 Å². The number of benzene rings is 1. The molecule has 2 aliphatic heterocycles. The van der Waals surface area contributed by atoms with Crippen molar-refractivity contribution in [3.05, 3.63) is 34.3 Å². The van der Waals surface area contributed by atoms with E-state index in [1.54, 1.807) is 0 Å². The summed E-state index contributed by atoms with van der Waals surface area (Å²) in [5.74, 6) is 0. The Morgan fingerprint density at radius 3 is 2.36 bits per heavy atom. The minimum Gasteiger partial charge on any atom is -0.374 e. The van der Waals surface area contributed by atoms with Gasteiger partial charge in [0.1, 0.15) is 0 Å². The Labute approximate surface area is 92.6 Å². The summed E-state index contributed by atoms with van der Waals surface area (Å²) in [6.45, 7) is 3.13. The van der Waals surface area contributed by atoms with Gasteiger partial charge in [-0.2, -0.15) is 0 Å². The SMILES string of the molecule is CC12CC(c3ccc(Br)cc3)(CO1)C2. The van der Waals surface area contributed by atoms with Crippen molar-refractivity contribution in [3.8, 4) is 0 Å². The summed E-state index contributed by atoms with van der Waals surface area (Å²) in [6.07, 6.45) is 2.39.